The first-order valence-electron chi connectivity index (χ1n) is 9.88. The quantitative estimate of drug-likeness (QED) is 0.522. The molecule has 29 heavy (non-hydrogen) atoms. The van der Waals surface area contributed by atoms with Crippen LogP contribution in [0.15, 0.2) is 29.4 Å². The van der Waals surface area contributed by atoms with Crippen molar-refractivity contribution in [2.75, 3.05) is 35.7 Å². The van der Waals surface area contributed by atoms with Gasteiger partial charge in [0, 0.05) is 31.5 Å². The molecule has 0 unspecified atom stereocenters. The molecule has 1 saturated heterocycles. The van der Waals surface area contributed by atoms with Crippen molar-refractivity contribution in [3.8, 4) is 0 Å². The maximum Gasteiger partial charge on any atom is 0.313 e. The summed E-state index contributed by atoms with van der Waals surface area (Å²) in [5.41, 5.74) is 1.97. The van der Waals surface area contributed by atoms with Crippen molar-refractivity contribution in [3.05, 3.63) is 30.1 Å². The average molecular weight is 418 g/mol. The second-order valence-corrected chi connectivity index (χ2v) is 7.81. The van der Waals surface area contributed by atoms with Gasteiger partial charge in [-0.05, 0) is 50.5 Å². The molecule has 2 heterocycles. The molecule has 1 fully saturated rings. The van der Waals surface area contributed by atoms with Gasteiger partial charge >= 0.3 is 5.97 Å². The summed E-state index contributed by atoms with van der Waals surface area (Å²) in [5, 5.41) is 11.6. The number of hydrogen-bond acceptors (Lipinski definition) is 7. The van der Waals surface area contributed by atoms with Gasteiger partial charge in [0.05, 0.1) is 12.4 Å². The number of aromatic nitrogens is 3. The minimum atomic E-state index is -0.342. The molecule has 1 aliphatic rings. The molecule has 0 bridgehead atoms. The summed E-state index contributed by atoms with van der Waals surface area (Å²) in [7, 11) is 1.77. The second kappa shape index (κ2) is 10.3. The Morgan fingerprint density at radius 2 is 1.86 bits per heavy atom. The van der Waals surface area contributed by atoms with E-state index in [1.807, 2.05) is 12.1 Å². The standard InChI is InChI=1S/C20H27N5O3S/c1-3-28-19(27)13-17-22-23-20(24(17)2)29-14-18(26)21-15-7-9-16(10-8-15)25-11-5-4-6-12-25/h7-10H,3-6,11-14H2,1-2H3,(H,21,26). The fourth-order valence-corrected chi connectivity index (χ4v) is 3.93. The van der Waals surface area contributed by atoms with Crippen LogP contribution in [0.2, 0.25) is 0 Å². The SMILES string of the molecule is CCOC(=O)Cc1nnc(SCC(=O)Nc2ccc(N3CCCCC3)cc2)n1C. The van der Waals surface area contributed by atoms with Crippen molar-refractivity contribution in [1.29, 1.82) is 0 Å². The predicted molar refractivity (Wildman–Crippen MR) is 113 cm³/mol. The number of carbonyl (C=O) groups excluding carboxylic acids is 2. The molecule has 1 aromatic carbocycles. The number of nitrogens with zero attached hydrogens (tertiary/aromatic N) is 4. The van der Waals surface area contributed by atoms with Gasteiger partial charge in [-0.1, -0.05) is 11.8 Å². The number of benzene rings is 1. The van der Waals surface area contributed by atoms with Crippen LogP contribution in [-0.2, 0) is 27.8 Å². The lowest BCUT2D eigenvalue weighted by Crippen LogP contribution is -2.29. The summed E-state index contributed by atoms with van der Waals surface area (Å²) in [6.07, 6.45) is 3.84. The van der Waals surface area contributed by atoms with Crippen LogP contribution < -0.4 is 10.2 Å². The maximum absolute atomic E-state index is 12.3. The van der Waals surface area contributed by atoms with Gasteiger partial charge in [-0.25, -0.2) is 0 Å². The topological polar surface area (TPSA) is 89.3 Å². The van der Waals surface area contributed by atoms with Crippen molar-refractivity contribution in [1.82, 2.24) is 14.8 Å². The van der Waals surface area contributed by atoms with Gasteiger partial charge in [-0.3, -0.25) is 9.59 Å². The van der Waals surface area contributed by atoms with Gasteiger partial charge in [0.15, 0.2) is 5.16 Å². The Bertz CT molecular complexity index is 831. The zero-order valence-corrected chi connectivity index (χ0v) is 17.7. The van der Waals surface area contributed by atoms with Crippen LogP contribution in [0, 0.1) is 0 Å². The highest BCUT2D eigenvalue weighted by Gasteiger charge is 2.15. The molecule has 2 aromatic rings. The van der Waals surface area contributed by atoms with Crippen LogP contribution >= 0.6 is 11.8 Å². The Kier molecular flexibility index (Phi) is 7.51. The zero-order valence-electron chi connectivity index (χ0n) is 16.9. The van der Waals surface area contributed by atoms with Crippen LogP contribution in [0.1, 0.15) is 32.0 Å². The number of carbonyl (C=O) groups is 2. The Morgan fingerprint density at radius 1 is 1.14 bits per heavy atom. The van der Waals surface area contributed by atoms with E-state index in [-0.39, 0.29) is 24.1 Å². The van der Waals surface area contributed by atoms with E-state index in [0.717, 1.165) is 18.8 Å². The smallest absolute Gasteiger partial charge is 0.313 e. The molecular formula is C20H27N5O3S. The molecule has 0 spiro atoms. The minimum absolute atomic E-state index is 0.0630. The molecule has 1 aromatic heterocycles. The molecule has 1 amide bonds. The Hall–Kier alpha value is -2.55. The van der Waals surface area contributed by atoms with Crippen LogP contribution in [-0.4, -0.2) is 52.1 Å². The molecule has 1 N–H and O–H groups in total. The predicted octanol–water partition coefficient (Wildman–Crippen LogP) is 2.64. The molecule has 9 heteroatoms. The largest absolute Gasteiger partial charge is 0.466 e. The van der Waals surface area contributed by atoms with Crippen LogP contribution in [0.3, 0.4) is 0 Å². The average Bonchev–Trinajstić information content (AvgIpc) is 3.07. The van der Waals surface area contributed by atoms with Gasteiger partial charge in [0.2, 0.25) is 5.91 Å². The van der Waals surface area contributed by atoms with E-state index in [4.69, 9.17) is 4.74 Å². The molecule has 3 rings (SSSR count). The Balaban J connectivity index is 1.48. The van der Waals surface area contributed by atoms with E-state index in [0.29, 0.717) is 17.6 Å². The van der Waals surface area contributed by atoms with Crippen LogP contribution in [0.25, 0.3) is 0 Å². The van der Waals surface area contributed by atoms with E-state index >= 15 is 0 Å². The Labute approximate surface area is 175 Å². The maximum atomic E-state index is 12.3. The van der Waals surface area contributed by atoms with Gasteiger partial charge in [-0.15, -0.1) is 10.2 Å². The highest BCUT2D eigenvalue weighted by molar-refractivity contribution is 7.99. The number of nitrogens with one attached hydrogen (secondary N) is 1. The molecule has 1 aliphatic heterocycles. The summed E-state index contributed by atoms with van der Waals surface area (Å²) in [6, 6.07) is 7.98. The molecule has 0 aliphatic carbocycles. The number of hydrogen-bond donors (Lipinski definition) is 1. The van der Waals surface area contributed by atoms with Gasteiger partial charge in [-0.2, -0.15) is 0 Å². The van der Waals surface area contributed by atoms with Crippen LogP contribution in [0.5, 0.6) is 0 Å². The molecule has 8 nitrogen and oxygen atoms in total. The monoisotopic (exact) mass is 417 g/mol. The summed E-state index contributed by atoms with van der Waals surface area (Å²) in [4.78, 5) is 26.3. The number of rotatable bonds is 8. The fourth-order valence-electron chi connectivity index (χ4n) is 3.20. The third-order valence-electron chi connectivity index (χ3n) is 4.74. The van der Waals surface area contributed by atoms with E-state index in [9.17, 15) is 9.59 Å². The molecule has 0 atom stereocenters. The first-order valence-corrected chi connectivity index (χ1v) is 10.9. The zero-order chi connectivity index (χ0) is 20.6. The highest BCUT2D eigenvalue weighted by Crippen LogP contribution is 2.22. The molecule has 156 valence electrons. The second-order valence-electron chi connectivity index (χ2n) is 6.87. The molecule has 0 radical (unpaired) electrons. The van der Waals surface area contributed by atoms with Gasteiger partial charge < -0.3 is 19.5 Å². The first-order chi connectivity index (χ1) is 14.1. The lowest BCUT2D eigenvalue weighted by Gasteiger charge is -2.28. The number of anilines is 2. The van der Waals surface area contributed by atoms with Crippen molar-refractivity contribution in [3.63, 3.8) is 0 Å². The first kappa shape index (κ1) is 21.2. The van der Waals surface area contributed by atoms with Gasteiger partial charge in [0.25, 0.3) is 0 Å². The third kappa shape index (κ3) is 5.96. The minimum Gasteiger partial charge on any atom is -0.466 e. The number of ether oxygens (including phenoxy) is 1. The number of amides is 1. The number of piperidine rings is 1. The Morgan fingerprint density at radius 3 is 2.55 bits per heavy atom. The van der Waals surface area contributed by atoms with E-state index in [2.05, 4.69) is 32.5 Å². The molecular weight excluding hydrogens is 390 g/mol. The van der Waals surface area contributed by atoms with Crippen LogP contribution in [0.4, 0.5) is 11.4 Å². The van der Waals surface area contributed by atoms with E-state index in [1.165, 1.54) is 36.7 Å². The summed E-state index contributed by atoms with van der Waals surface area (Å²) in [5.74, 6) is 0.264. The lowest BCUT2D eigenvalue weighted by molar-refractivity contribution is -0.142. The van der Waals surface area contributed by atoms with Gasteiger partial charge in [0.1, 0.15) is 12.2 Å². The molecule has 0 saturated carbocycles. The van der Waals surface area contributed by atoms with Crippen molar-refractivity contribution < 1.29 is 14.3 Å². The lowest BCUT2D eigenvalue weighted by atomic mass is 10.1. The van der Waals surface area contributed by atoms with Crippen molar-refractivity contribution in [2.45, 2.75) is 37.8 Å². The van der Waals surface area contributed by atoms with E-state index in [1.54, 1.807) is 18.5 Å². The summed E-state index contributed by atoms with van der Waals surface area (Å²) in [6.45, 7) is 4.28. The number of esters is 1. The fraction of sp³-hybridized carbons (Fsp3) is 0.500. The highest BCUT2D eigenvalue weighted by atomic mass is 32.2. The third-order valence-corrected chi connectivity index (χ3v) is 5.76. The summed E-state index contributed by atoms with van der Waals surface area (Å²) < 4.78 is 6.64. The van der Waals surface area contributed by atoms with Crippen molar-refractivity contribution in [2.24, 2.45) is 7.05 Å². The normalized spacial score (nSPS) is 13.9. The number of thioether (sulfide) groups is 1. The van der Waals surface area contributed by atoms with E-state index < -0.39 is 0 Å². The summed E-state index contributed by atoms with van der Waals surface area (Å²) >= 11 is 1.28. The van der Waals surface area contributed by atoms with Crippen molar-refractivity contribution >= 4 is 35.0 Å².